The highest BCUT2D eigenvalue weighted by molar-refractivity contribution is 5.91. The Morgan fingerprint density at radius 2 is 1.20 bits per heavy atom. The highest BCUT2D eigenvalue weighted by Gasteiger charge is 2.56. The Kier molecular flexibility index (Phi) is 22.0. The Morgan fingerprint density at radius 1 is 0.610 bits per heavy atom. The van der Waals surface area contributed by atoms with E-state index < -0.39 is 209 Å². The lowest BCUT2D eigenvalue weighted by atomic mass is 9.86. The normalized spacial score (nSPS) is 37.4. The molecule has 4 saturated heterocycles. The number of carbonyl (C=O) groups is 3. The van der Waals surface area contributed by atoms with Gasteiger partial charge >= 0.3 is 17.9 Å². The summed E-state index contributed by atoms with van der Waals surface area (Å²) in [6, 6.07) is 7.35. The van der Waals surface area contributed by atoms with Crippen LogP contribution >= 0.6 is 0 Å². The lowest BCUT2D eigenvalue weighted by Crippen LogP contribution is -2.66. The van der Waals surface area contributed by atoms with Gasteiger partial charge in [-0.05, 0) is 61.7 Å². The zero-order chi connectivity index (χ0) is 59.9. The second kappa shape index (κ2) is 28.3. The van der Waals surface area contributed by atoms with E-state index in [-0.39, 0.29) is 23.1 Å². The van der Waals surface area contributed by atoms with Crippen molar-refractivity contribution in [2.45, 2.75) is 156 Å². The van der Waals surface area contributed by atoms with Gasteiger partial charge < -0.3 is 133 Å². The van der Waals surface area contributed by atoms with Crippen LogP contribution in [-0.2, 0) is 77.6 Å². The van der Waals surface area contributed by atoms with Crippen molar-refractivity contribution in [3.05, 3.63) is 77.1 Å². The lowest BCUT2D eigenvalue weighted by Gasteiger charge is -2.48. The summed E-state index contributed by atoms with van der Waals surface area (Å²) in [5.41, 5.74) is 0.183. The fraction of sp³-hybridized carbons (Fsp3) is 0.596. The molecule has 2 aromatic rings. The summed E-state index contributed by atoms with van der Waals surface area (Å²) < 4.78 is 70.4. The van der Waals surface area contributed by atoms with E-state index in [9.17, 15) is 91.0 Å². The predicted molar refractivity (Wildman–Crippen MR) is 265 cm³/mol. The van der Waals surface area contributed by atoms with Crippen molar-refractivity contribution in [3.8, 4) is 23.0 Å². The third-order valence-corrected chi connectivity index (χ3v) is 14.2. The van der Waals surface area contributed by atoms with Crippen LogP contribution in [0.1, 0.15) is 31.4 Å². The Hall–Kier alpha value is -5.69. The highest BCUT2D eigenvalue weighted by atomic mass is 16.8. The van der Waals surface area contributed by atoms with E-state index in [1.165, 1.54) is 44.2 Å². The number of esters is 3. The molecule has 0 aromatic heterocycles. The number of phenolic OH excluding ortho intramolecular Hbond substituents is 4. The summed E-state index contributed by atoms with van der Waals surface area (Å²) in [4.78, 5) is 42.3. The smallest absolute Gasteiger partial charge is 0.337 e. The van der Waals surface area contributed by atoms with Gasteiger partial charge in [0.2, 0.25) is 6.29 Å². The summed E-state index contributed by atoms with van der Waals surface area (Å²) in [5, 5.41) is 157. The number of hydrogen-bond donors (Lipinski definition) is 15. The molecule has 0 saturated carbocycles. The first kappa shape index (κ1) is 63.9. The molecule has 82 heavy (non-hydrogen) atoms. The molecule has 22 unspecified atom stereocenters. The number of hydrogen-bond acceptors (Lipinski definition) is 30. The van der Waals surface area contributed by atoms with Crippen LogP contribution in [0, 0.1) is 5.92 Å². The van der Waals surface area contributed by atoms with Crippen LogP contribution in [0.5, 0.6) is 23.0 Å². The third kappa shape index (κ3) is 14.6. The SMILES string of the molecule is C/C=C1/C(OC2OC(CO)C(O)C(O)C2O)OC=C(C(=O)OC)C1CC(=O)OC1C(OCCc2ccc(O)c(O)c2)OC(COC2OC(CO)C(O)C(O)C2O)C(OC(=O)/C=C/c2ccc(O)c(O)c2)C1OC1OC(C)C(O)C(O)C1O. The van der Waals surface area contributed by atoms with Gasteiger partial charge in [0.15, 0.2) is 60.4 Å². The maximum Gasteiger partial charge on any atom is 0.337 e. The van der Waals surface area contributed by atoms with Gasteiger partial charge in [-0.15, -0.1) is 0 Å². The molecule has 456 valence electrons. The van der Waals surface area contributed by atoms with E-state index in [1.807, 2.05) is 0 Å². The summed E-state index contributed by atoms with van der Waals surface area (Å²) in [6.07, 6.45) is -35.1. The molecule has 0 radical (unpaired) electrons. The van der Waals surface area contributed by atoms with Crippen molar-refractivity contribution in [2.24, 2.45) is 5.92 Å². The van der Waals surface area contributed by atoms with Gasteiger partial charge in [-0.1, -0.05) is 18.2 Å². The van der Waals surface area contributed by atoms with Crippen LogP contribution in [0.15, 0.2) is 66.0 Å². The van der Waals surface area contributed by atoms with E-state index in [1.54, 1.807) is 0 Å². The number of aliphatic hydroxyl groups is 11. The molecule has 5 aliphatic rings. The van der Waals surface area contributed by atoms with Crippen LogP contribution < -0.4 is 0 Å². The minimum atomic E-state index is -2.11. The monoisotopic (exact) mass is 1170 g/mol. The van der Waals surface area contributed by atoms with E-state index in [0.717, 1.165) is 37.7 Å². The first-order valence-electron chi connectivity index (χ1n) is 25.7. The summed E-state index contributed by atoms with van der Waals surface area (Å²) in [7, 11) is 1.02. The molecule has 22 atom stereocenters. The Bertz CT molecular complexity index is 2570. The summed E-state index contributed by atoms with van der Waals surface area (Å²) in [6.45, 7) is -0.215. The first-order chi connectivity index (χ1) is 39.0. The van der Waals surface area contributed by atoms with Gasteiger partial charge in [0, 0.05) is 17.6 Å². The molecule has 2 aromatic carbocycles. The lowest BCUT2D eigenvalue weighted by molar-refractivity contribution is -0.364. The number of aromatic hydroxyl groups is 4. The molecule has 15 N–H and O–H groups in total. The summed E-state index contributed by atoms with van der Waals surface area (Å²) in [5.74, 6) is -6.95. The molecular weight excluding hydrogens is 1100 g/mol. The zero-order valence-electron chi connectivity index (χ0n) is 44.0. The number of ether oxygens (including phenoxy) is 12. The van der Waals surface area contributed by atoms with Crippen LogP contribution in [0.4, 0.5) is 0 Å². The molecule has 0 bridgehead atoms. The second-order valence-corrected chi connectivity index (χ2v) is 19.6. The van der Waals surface area contributed by atoms with Crippen molar-refractivity contribution >= 4 is 24.0 Å². The van der Waals surface area contributed by atoms with Crippen LogP contribution in [-0.4, -0.2) is 257 Å². The molecule has 30 heteroatoms. The van der Waals surface area contributed by atoms with Gasteiger partial charge in [-0.3, -0.25) is 4.79 Å². The maximum absolute atomic E-state index is 14.8. The molecule has 7 rings (SSSR count). The zero-order valence-corrected chi connectivity index (χ0v) is 44.0. The minimum Gasteiger partial charge on any atom is -0.504 e. The van der Waals surface area contributed by atoms with Gasteiger partial charge in [0.25, 0.3) is 0 Å². The second-order valence-electron chi connectivity index (χ2n) is 19.6. The van der Waals surface area contributed by atoms with Crippen molar-refractivity contribution in [2.75, 3.05) is 33.5 Å². The first-order valence-corrected chi connectivity index (χ1v) is 25.7. The largest absolute Gasteiger partial charge is 0.504 e. The van der Waals surface area contributed by atoms with E-state index in [0.29, 0.717) is 5.56 Å². The number of rotatable bonds is 20. The molecule has 4 fully saturated rings. The fourth-order valence-corrected chi connectivity index (χ4v) is 9.54. The van der Waals surface area contributed by atoms with Crippen LogP contribution in [0.3, 0.4) is 0 Å². The molecule has 5 heterocycles. The standard InChI is InChI=1S/C52H68O30/c1-4-23-24(25(47(70)71-3)18-73-48(23)82-51-43(69)40(66)37(63)31(17-54)77-51)15-34(60)80-46-45(81-50-42(68)38(64)35(61)20(2)75-50)44(79-33(59)10-7-21-5-8-26(55)28(57)13-21)32(19-74-49-41(67)39(65)36(62)30(16-53)76-49)78-52(46)72-12-11-22-6-9-27(56)29(58)14-22/h4-10,13-14,18,20,24,30-32,35-46,48-58,61-69H,11-12,15-17,19H2,1-3H3/b10-7+,23-4+. The maximum atomic E-state index is 14.8. The van der Waals surface area contributed by atoms with Crippen molar-refractivity contribution < 1.29 is 148 Å². The molecular formula is C52H68O30. The van der Waals surface area contributed by atoms with Gasteiger partial charge in [0.1, 0.15) is 79.4 Å². The average Bonchev–Trinajstić information content (AvgIpc) is 2.93. The van der Waals surface area contributed by atoms with E-state index >= 15 is 0 Å². The number of carbonyl (C=O) groups excluding carboxylic acids is 3. The van der Waals surface area contributed by atoms with Gasteiger partial charge in [-0.25, -0.2) is 9.59 Å². The van der Waals surface area contributed by atoms with Crippen molar-refractivity contribution in [1.29, 1.82) is 0 Å². The fourth-order valence-electron chi connectivity index (χ4n) is 9.54. The molecule has 0 amide bonds. The van der Waals surface area contributed by atoms with Crippen LogP contribution in [0.25, 0.3) is 6.08 Å². The Balaban J connectivity index is 1.29. The minimum absolute atomic E-state index is 0.0272. The molecule has 30 nitrogen and oxygen atoms in total. The van der Waals surface area contributed by atoms with Crippen LogP contribution in [0.2, 0.25) is 0 Å². The van der Waals surface area contributed by atoms with Gasteiger partial charge in [0.05, 0.1) is 57.9 Å². The number of phenols is 4. The average molecular weight is 1170 g/mol. The quantitative estimate of drug-likeness (QED) is 0.0195. The van der Waals surface area contributed by atoms with Gasteiger partial charge in [-0.2, -0.15) is 0 Å². The summed E-state index contributed by atoms with van der Waals surface area (Å²) >= 11 is 0. The predicted octanol–water partition coefficient (Wildman–Crippen LogP) is -4.46. The van der Waals surface area contributed by atoms with E-state index in [4.69, 9.17) is 56.8 Å². The Labute approximate surface area is 466 Å². The molecule has 0 aliphatic carbocycles. The number of aliphatic hydroxyl groups excluding tert-OH is 11. The van der Waals surface area contributed by atoms with E-state index in [2.05, 4.69) is 0 Å². The Morgan fingerprint density at radius 3 is 1.80 bits per heavy atom. The molecule has 0 spiro atoms. The highest BCUT2D eigenvalue weighted by Crippen LogP contribution is 2.39. The van der Waals surface area contributed by atoms with Crippen molar-refractivity contribution in [1.82, 2.24) is 0 Å². The number of benzene rings is 2. The number of methoxy groups -OCH3 is 1. The third-order valence-electron chi connectivity index (χ3n) is 14.2. The topological polar surface area (TPSA) is 465 Å². The number of allylic oxidation sites excluding steroid dienone is 1. The molecule has 5 aliphatic heterocycles. The van der Waals surface area contributed by atoms with Crippen molar-refractivity contribution in [3.63, 3.8) is 0 Å².